The summed E-state index contributed by atoms with van der Waals surface area (Å²) in [5, 5.41) is 3.51. The molecule has 1 N–H and O–H groups in total. The molecule has 0 aromatic rings. The molecule has 1 heterocycles. The molecule has 0 unspecified atom stereocenters. The van der Waals surface area contributed by atoms with Crippen LogP contribution in [0.2, 0.25) is 0 Å². The summed E-state index contributed by atoms with van der Waals surface area (Å²) in [6.07, 6.45) is 3.97. The zero-order valence-corrected chi connectivity index (χ0v) is 7.65. The number of ether oxygens (including phenoxy) is 1. The lowest BCUT2D eigenvalue weighted by molar-refractivity contribution is 0.149. The summed E-state index contributed by atoms with van der Waals surface area (Å²) in [7, 11) is 0. The average molecular weight is 157 g/mol. The molecule has 0 bridgehead atoms. The number of hydrogen-bond acceptors (Lipinski definition) is 2. The maximum absolute atomic E-state index is 5.31. The van der Waals surface area contributed by atoms with Gasteiger partial charge in [0.15, 0.2) is 0 Å². The van der Waals surface area contributed by atoms with Gasteiger partial charge < -0.3 is 10.1 Å². The molecule has 0 atom stereocenters. The molecule has 0 radical (unpaired) electrons. The predicted molar refractivity (Wildman–Crippen MR) is 46.8 cm³/mol. The number of rotatable bonds is 0. The molecule has 0 aromatic carbocycles. The normalized spacial score (nSPS) is 26.7. The summed E-state index contributed by atoms with van der Waals surface area (Å²) in [5.41, 5.74) is 0.538. The Morgan fingerprint density at radius 1 is 1.09 bits per heavy atom. The Hall–Kier alpha value is -0.0800. The second-order valence-electron chi connectivity index (χ2n) is 3.07. The first-order chi connectivity index (χ1) is 5.41. The van der Waals surface area contributed by atoms with E-state index in [1.807, 2.05) is 13.8 Å². The van der Waals surface area contributed by atoms with Crippen LogP contribution < -0.4 is 5.32 Å². The van der Waals surface area contributed by atoms with Crippen molar-refractivity contribution in [3.8, 4) is 0 Å². The standard InChI is InChI=1S/C7H13NO.C2H6/c1-2-7(1)3-5-9-6-4-8-7;1-2/h8H,1-6H2;1-2H3. The molecule has 2 nitrogen and oxygen atoms in total. The van der Waals surface area contributed by atoms with Gasteiger partial charge in [0, 0.05) is 18.7 Å². The zero-order valence-electron chi connectivity index (χ0n) is 7.65. The molecule has 0 aromatic heterocycles. The van der Waals surface area contributed by atoms with Gasteiger partial charge in [-0.2, -0.15) is 0 Å². The number of hydrogen-bond donors (Lipinski definition) is 1. The van der Waals surface area contributed by atoms with Gasteiger partial charge in [-0.25, -0.2) is 0 Å². The summed E-state index contributed by atoms with van der Waals surface area (Å²) < 4.78 is 5.31. The summed E-state index contributed by atoms with van der Waals surface area (Å²) in [6.45, 7) is 6.93. The molecule has 66 valence electrons. The smallest absolute Gasteiger partial charge is 0.0591 e. The second-order valence-corrected chi connectivity index (χ2v) is 3.07. The molecular weight excluding hydrogens is 138 g/mol. The minimum Gasteiger partial charge on any atom is -0.380 e. The molecule has 1 saturated carbocycles. The van der Waals surface area contributed by atoms with E-state index in [4.69, 9.17) is 4.74 Å². The van der Waals surface area contributed by atoms with Crippen molar-refractivity contribution < 1.29 is 4.74 Å². The Kier molecular flexibility index (Phi) is 3.34. The van der Waals surface area contributed by atoms with Crippen molar-refractivity contribution in [2.75, 3.05) is 19.8 Å². The second kappa shape index (κ2) is 4.07. The fourth-order valence-corrected chi connectivity index (χ4v) is 1.42. The maximum Gasteiger partial charge on any atom is 0.0591 e. The van der Waals surface area contributed by atoms with E-state index in [2.05, 4.69) is 5.32 Å². The molecule has 2 rings (SSSR count). The topological polar surface area (TPSA) is 21.3 Å². The first-order valence-corrected chi connectivity index (χ1v) is 4.74. The van der Waals surface area contributed by atoms with E-state index in [1.165, 1.54) is 19.3 Å². The molecule has 1 saturated heterocycles. The molecule has 2 heteroatoms. The molecule has 2 aliphatic rings. The quantitative estimate of drug-likeness (QED) is 0.576. The van der Waals surface area contributed by atoms with Gasteiger partial charge in [-0.1, -0.05) is 13.8 Å². The van der Waals surface area contributed by atoms with Gasteiger partial charge >= 0.3 is 0 Å². The van der Waals surface area contributed by atoms with E-state index in [1.54, 1.807) is 0 Å². The van der Waals surface area contributed by atoms with Gasteiger partial charge in [0.2, 0.25) is 0 Å². The molecule has 1 spiro atoms. The van der Waals surface area contributed by atoms with Crippen LogP contribution >= 0.6 is 0 Å². The molecule has 0 amide bonds. The zero-order chi connectivity index (χ0) is 8.16. The Morgan fingerprint density at radius 3 is 2.45 bits per heavy atom. The predicted octanol–water partition coefficient (Wildman–Crippen LogP) is 1.56. The fourth-order valence-electron chi connectivity index (χ4n) is 1.42. The van der Waals surface area contributed by atoms with Crippen molar-refractivity contribution >= 4 is 0 Å². The third-order valence-corrected chi connectivity index (χ3v) is 2.32. The van der Waals surface area contributed by atoms with Crippen molar-refractivity contribution in [3.05, 3.63) is 0 Å². The summed E-state index contributed by atoms with van der Waals surface area (Å²) in [5.74, 6) is 0. The van der Waals surface area contributed by atoms with Crippen LogP contribution in [0.1, 0.15) is 33.1 Å². The van der Waals surface area contributed by atoms with E-state index in [9.17, 15) is 0 Å². The lowest BCUT2D eigenvalue weighted by Gasteiger charge is -2.10. The third-order valence-electron chi connectivity index (χ3n) is 2.32. The maximum atomic E-state index is 5.31. The van der Waals surface area contributed by atoms with Crippen molar-refractivity contribution in [3.63, 3.8) is 0 Å². The van der Waals surface area contributed by atoms with Gasteiger partial charge in [0.25, 0.3) is 0 Å². The molecule has 11 heavy (non-hydrogen) atoms. The Morgan fingerprint density at radius 2 is 1.82 bits per heavy atom. The number of nitrogens with one attached hydrogen (secondary N) is 1. The summed E-state index contributed by atoms with van der Waals surface area (Å²) >= 11 is 0. The highest BCUT2D eigenvalue weighted by Crippen LogP contribution is 2.38. The van der Waals surface area contributed by atoms with Crippen molar-refractivity contribution in [2.24, 2.45) is 0 Å². The van der Waals surface area contributed by atoms with Crippen molar-refractivity contribution in [2.45, 2.75) is 38.6 Å². The first kappa shape index (κ1) is 9.01. The van der Waals surface area contributed by atoms with Crippen molar-refractivity contribution in [1.29, 1.82) is 0 Å². The van der Waals surface area contributed by atoms with Crippen LogP contribution in [0.3, 0.4) is 0 Å². The van der Waals surface area contributed by atoms with Crippen LogP contribution in [0.4, 0.5) is 0 Å². The average Bonchev–Trinajstić information content (AvgIpc) is 2.86. The Bertz CT molecular complexity index is 100. The molecule has 1 aliphatic carbocycles. The van der Waals surface area contributed by atoms with Crippen LogP contribution in [0, 0.1) is 0 Å². The van der Waals surface area contributed by atoms with Crippen LogP contribution in [-0.2, 0) is 4.74 Å². The van der Waals surface area contributed by atoms with Crippen LogP contribution in [0.5, 0.6) is 0 Å². The van der Waals surface area contributed by atoms with E-state index < -0.39 is 0 Å². The van der Waals surface area contributed by atoms with Crippen molar-refractivity contribution in [1.82, 2.24) is 5.32 Å². The lowest BCUT2D eigenvalue weighted by atomic mass is 10.2. The van der Waals surface area contributed by atoms with Gasteiger partial charge in [-0.3, -0.25) is 0 Å². The highest BCUT2D eigenvalue weighted by molar-refractivity contribution is 5.02. The summed E-state index contributed by atoms with van der Waals surface area (Å²) in [6, 6.07) is 0. The molecule has 2 fully saturated rings. The molecule has 1 aliphatic heterocycles. The first-order valence-electron chi connectivity index (χ1n) is 4.74. The lowest BCUT2D eigenvalue weighted by Crippen LogP contribution is -2.31. The fraction of sp³-hybridized carbons (Fsp3) is 1.00. The highest BCUT2D eigenvalue weighted by Gasteiger charge is 2.42. The molecular formula is C9H19NO. The van der Waals surface area contributed by atoms with Crippen LogP contribution in [-0.4, -0.2) is 25.3 Å². The SMILES string of the molecule is C1COCCC2(CC2)N1.CC. The largest absolute Gasteiger partial charge is 0.380 e. The van der Waals surface area contributed by atoms with E-state index in [0.717, 1.165) is 19.8 Å². The van der Waals surface area contributed by atoms with Crippen LogP contribution in [0.15, 0.2) is 0 Å². The highest BCUT2D eigenvalue weighted by atomic mass is 16.5. The minimum atomic E-state index is 0.538. The summed E-state index contributed by atoms with van der Waals surface area (Å²) in [4.78, 5) is 0. The van der Waals surface area contributed by atoms with E-state index in [-0.39, 0.29) is 0 Å². The Balaban J connectivity index is 0.000000281. The van der Waals surface area contributed by atoms with Gasteiger partial charge in [-0.15, -0.1) is 0 Å². The van der Waals surface area contributed by atoms with Gasteiger partial charge in [0.05, 0.1) is 6.61 Å². The van der Waals surface area contributed by atoms with Crippen LogP contribution in [0.25, 0.3) is 0 Å². The third kappa shape index (κ3) is 2.46. The van der Waals surface area contributed by atoms with Gasteiger partial charge in [0.1, 0.15) is 0 Å². The van der Waals surface area contributed by atoms with Gasteiger partial charge in [-0.05, 0) is 19.3 Å². The van der Waals surface area contributed by atoms with E-state index >= 15 is 0 Å². The van der Waals surface area contributed by atoms with E-state index in [0.29, 0.717) is 5.54 Å². The minimum absolute atomic E-state index is 0.538. The Labute approximate surface area is 69.3 Å². The monoisotopic (exact) mass is 157 g/mol.